The minimum Gasteiger partial charge on any atom is -0.334 e. The van der Waals surface area contributed by atoms with Crippen molar-refractivity contribution in [1.29, 1.82) is 0 Å². The molecule has 1 heterocycles. The molecule has 0 N–H and O–H groups in total. The molecule has 0 saturated carbocycles. The van der Waals surface area contributed by atoms with Crippen LogP contribution in [0.25, 0.3) is 0 Å². The summed E-state index contributed by atoms with van der Waals surface area (Å²) in [6, 6.07) is 7.56. The predicted octanol–water partition coefficient (Wildman–Crippen LogP) is 4.80. The van der Waals surface area contributed by atoms with E-state index in [1.807, 2.05) is 6.92 Å². The molecule has 22 heavy (non-hydrogen) atoms. The second-order valence-electron chi connectivity index (χ2n) is 4.65. The Kier molecular flexibility index (Phi) is 5.05. The van der Waals surface area contributed by atoms with Crippen LogP contribution >= 0.6 is 34.5 Å². The highest BCUT2D eigenvalue weighted by molar-refractivity contribution is 7.17. The number of nitro groups is 1. The second-order valence-corrected chi connectivity index (χ2v) is 6.56. The van der Waals surface area contributed by atoms with E-state index in [0.29, 0.717) is 14.9 Å². The maximum absolute atomic E-state index is 12.4. The molecule has 2 aromatic rings. The van der Waals surface area contributed by atoms with E-state index in [-0.39, 0.29) is 17.0 Å². The van der Waals surface area contributed by atoms with Gasteiger partial charge in [-0.05, 0) is 30.7 Å². The third-order valence-electron chi connectivity index (χ3n) is 3.30. The Hall–Kier alpha value is -1.63. The normalized spacial score (nSPS) is 12.0. The maximum atomic E-state index is 12.4. The summed E-state index contributed by atoms with van der Waals surface area (Å²) in [7, 11) is 1.63. The third kappa shape index (κ3) is 3.40. The zero-order valence-corrected chi connectivity index (χ0v) is 14.1. The lowest BCUT2D eigenvalue weighted by Gasteiger charge is -2.25. The number of thiophene rings is 1. The fourth-order valence-electron chi connectivity index (χ4n) is 1.94. The molecule has 5 nitrogen and oxygen atoms in total. The Labute approximate surface area is 141 Å². The van der Waals surface area contributed by atoms with Crippen LogP contribution < -0.4 is 0 Å². The van der Waals surface area contributed by atoms with Gasteiger partial charge >= 0.3 is 5.00 Å². The first-order chi connectivity index (χ1) is 10.3. The van der Waals surface area contributed by atoms with Gasteiger partial charge in [0, 0.05) is 23.2 Å². The molecule has 0 aliphatic heterocycles. The van der Waals surface area contributed by atoms with Crippen molar-refractivity contribution in [1.82, 2.24) is 4.90 Å². The fraction of sp³-hybridized carbons (Fsp3) is 0.214. The fourth-order valence-corrected chi connectivity index (χ4v) is 3.31. The summed E-state index contributed by atoms with van der Waals surface area (Å²) in [6.07, 6.45) is 0. The molecule has 0 saturated heterocycles. The van der Waals surface area contributed by atoms with Crippen LogP contribution in [0.2, 0.25) is 10.0 Å². The number of nitrogens with zero attached hydrogens (tertiary/aromatic N) is 2. The van der Waals surface area contributed by atoms with E-state index in [1.165, 1.54) is 17.0 Å². The minimum absolute atomic E-state index is 0.0612. The number of amides is 1. The molecule has 2 rings (SSSR count). The van der Waals surface area contributed by atoms with Gasteiger partial charge in [0.15, 0.2) is 0 Å². The van der Waals surface area contributed by atoms with Gasteiger partial charge in [0.05, 0.1) is 15.8 Å². The number of hydrogen-bond donors (Lipinski definition) is 0. The van der Waals surface area contributed by atoms with E-state index in [2.05, 4.69) is 0 Å². The molecule has 1 atom stereocenters. The molecule has 1 aromatic heterocycles. The van der Waals surface area contributed by atoms with E-state index < -0.39 is 4.92 Å². The molecule has 0 unspecified atom stereocenters. The van der Waals surface area contributed by atoms with Crippen molar-refractivity contribution in [2.24, 2.45) is 0 Å². The molecule has 1 amide bonds. The molecule has 0 bridgehead atoms. The first-order valence-corrected chi connectivity index (χ1v) is 7.85. The van der Waals surface area contributed by atoms with Crippen LogP contribution in [0.15, 0.2) is 30.3 Å². The highest BCUT2D eigenvalue weighted by Crippen LogP contribution is 2.31. The smallest absolute Gasteiger partial charge is 0.324 e. The van der Waals surface area contributed by atoms with E-state index >= 15 is 0 Å². The summed E-state index contributed by atoms with van der Waals surface area (Å²) in [6.45, 7) is 1.83. The Morgan fingerprint density at radius 3 is 2.55 bits per heavy atom. The molecule has 0 aliphatic carbocycles. The van der Waals surface area contributed by atoms with Crippen molar-refractivity contribution in [3.05, 3.63) is 60.9 Å². The SMILES string of the molecule is C[C@@H](c1ccc(Cl)cc1Cl)N(C)C(=O)c1ccc([N+](=O)[O-])s1. The largest absolute Gasteiger partial charge is 0.334 e. The van der Waals surface area contributed by atoms with Gasteiger partial charge in [0.25, 0.3) is 5.91 Å². The molecule has 116 valence electrons. The predicted molar refractivity (Wildman–Crippen MR) is 87.9 cm³/mol. The number of halogens is 2. The quantitative estimate of drug-likeness (QED) is 0.582. The summed E-state index contributed by atoms with van der Waals surface area (Å²) < 4.78 is 0. The number of rotatable bonds is 4. The average Bonchev–Trinajstić information content (AvgIpc) is 2.95. The summed E-state index contributed by atoms with van der Waals surface area (Å²) in [5.41, 5.74) is 0.757. The number of hydrogen-bond acceptors (Lipinski definition) is 4. The van der Waals surface area contributed by atoms with Crippen molar-refractivity contribution in [2.75, 3.05) is 7.05 Å². The van der Waals surface area contributed by atoms with Gasteiger partial charge in [0.2, 0.25) is 0 Å². The van der Waals surface area contributed by atoms with E-state index in [4.69, 9.17) is 23.2 Å². The van der Waals surface area contributed by atoms with Gasteiger partial charge in [-0.15, -0.1) is 0 Å². The van der Waals surface area contributed by atoms with E-state index in [0.717, 1.165) is 16.9 Å². The average molecular weight is 359 g/mol. The number of benzene rings is 1. The summed E-state index contributed by atoms with van der Waals surface area (Å²) in [5, 5.41) is 11.6. The topological polar surface area (TPSA) is 63.5 Å². The van der Waals surface area contributed by atoms with Crippen LogP contribution in [0.1, 0.15) is 28.2 Å². The molecular formula is C14H12Cl2N2O3S. The van der Waals surface area contributed by atoms with Gasteiger partial charge in [-0.3, -0.25) is 14.9 Å². The maximum Gasteiger partial charge on any atom is 0.324 e. The molecule has 8 heteroatoms. The molecule has 1 aromatic carbocycles. The molecular weight excluding hydrogens is 347 g/mol. The van der Waals surface area contributed by atoms with E-state index in [1.54, 1.807) is 25.2 Å². The van der Waals surface area contributed by atoms with E-state index in [9.17, 15) is 14.9 Å². The molecule has 0 spiro atoms. The first kappa shape index (κ1) is 16.7. The van der Waals surface area contributed by atoms with Gasteiger partial charge in [-0.1, -0.05) is 40.6 Å². The lowest BCUT2D eigenvalue weighted by Crippen LogP contribution is -2.29. The standard InChI is InChI=1S/C14H12Cl2N2O3S/c1-8(10-4-3-9(15)7-11(10)16)17(2)14(19)12-5-6-13(22-12)18(20)21/h3-8H,1-2H3/t8-/m0/s1. The van der Waals surface area contributed by atoms with Gasteiger partial charge in [-0.2, -0.15) is 0 Å². The van der Waals surface area contributed by atoms with Crippen LogP contribution in [0.4, 0.5) is 5.00 Å². The zero-order valence-electron chi connectivity index (χ0n) is 11.7. The minimum atomic E-state index is -0.513. The third-order valence-corrected chi connectivity index (χ3v) is 4.88. The lowest BCUT2D eigenvalue weighted by atomic mass is 10.1. The van der Waals surface area contributed by atoms with Crippen LogP contribution in [0, 0.1) is 10.1 Å². The Balaban J connectivity index is 2.23. The van der Waals surface area contributed by atoms with Gasteiger partial charge < -0.3 is 4.90 Å². The Morgan fingerprint density at radius 1 is 1.32 bits per heavy atom. The van der Waals surface area contributed by atoms with Crippen LogP contribution in [-0.4, -0.2) is 22.8 Å². The Bertz CT molecular complexity index is 733. The zero-order chi connectivity index (χ0) is 16.4. The van der Waals surface area contributed by atoms with Crippen LogP contribution in [-0.2, 0) is 0 Å². The molecule has 0 fully saturated rings. The van der Waals surface area contributed by atoms with Gasteiger partial charge in [0.1, 0.15) is 0 Å². The van der Waals surface area contributed by atoms with Crippen molar-refractivity contribution >= 4 is 45.4 Å². The molecule has 0 radical (unpaired) electrons. The molecule has 0 aliphatic rings. The second kappa shape index (κ2) is 6.64. The summed E-state index contributed by atoms with van der Waals surface area (Å²) in [4.78, 5) is 24.4. The lowest BCUT2D eigenvalue weighted by molar-refractivity contribution is -0.380. The van der Waals surface area contributed by atoms with Crippen LogP contribution in [0.3, 0.4) is 0 Å². The number of carbonyl (C=O) groups is 1. The monoisotopic (exact) mass is 358 g/mol. The highest BCUT2D eigenvalue weighted by Gasteiger charge is 2.23. The summed E-state index contributed by atoms with van der Waals surface area (Å²) in [5.74, 6) is -0.295. The summed E-state index contributed by atoms with van der Waals surface area (Å²) >= 11 is 12.9. The van der Waals surface area contributed by atoms with Crippen molar-refractivity contribution in [2.45, 2.75) is 13.0 Å². The van der Waals surface area contributed by atoms with Gasteiger partial charge in [-0.25, -0.2) is 0 Å². The van der Waals surface area contributed by atoms with Crippen molar-refractivity contribution < 1.29 is 9.72 Å². The van der Waals surface area contributed by atoms with Crippen LogP contribution in [0.5, 0.6) is 0 Å². The van der Waals surface area contributed by atoms with Crippen molar-refractivity contribution in [3.8, 4) is 0 Å². The highest BCUT2D eigenvalue weighted by atomic mass is 35.5. The van der Waals surface area contributed by atoms with Crippen molar-refractivity contribution in [3.63, 3.8) is 0 Å². The first-order valence-electron chi connectivity index (χ1n) is 6.27. The number of carbonyl (C=O) groups excluding carboxylic acids is 1. The Morgan fingerprint density at radius 2 is 2.00 bits per heavy atom.